The van der Waals surface area contributed by atoms with Crippen molar-refractivity contribution in [3.05, 3.63) is 47.1 Å². The van der Waals surface area contributed by atoms with E-state index in [-0.39, 0.29) is 18.1 Å². The summed E-state index contributed by atoms with van der Waals surface area (Å²) < 4.78 is 0. The fraction of sp³-hybridized carbons (Fsp3) is 0.542. The molecule has 0 aromatic heterocycles. The van der Waals surface area contributed by atoms with Gasteiger partial charge in [-0.05, 0) is 70.0 Å². The molecule has 172 valence electrons. The molecule has 1 unspecified atom stereocenters. The number of carbonyl (C=O) groups excluding carboxylic acids is 1. The first-order valence-corrected chi connectivity index (χ1v) is 11.9. The number of rotatable bonds is 9. The van der Waals surface area contributed by atoms with Gasteiger partial charge in [-0.3, -0.25) is 10.3 Å². The van der Waals surface area contributed by atoms with Crippen LogP contribution in [0.15, 0.2) is 52.1 Å². The summed E-state index contributed by atoms with van der Waals surface area (Å²) >= 11 is 0. The first-order valence-electron chi connectivity index (χ1n) is 11.9. The lowest BCUT2D eigenvalue weighted by Gasteiger charge is -2.26. The number of likely N-dealkylation sites (tertiary alicyclic amines) is 1. The molecule has 0 radical (unpaired) electrons. The first kappa shape index (κ1) is 22.3. The molecule has 0 bridgehead atoms. The Morgan fingerprint density at radius 3 is 2.81 bits per heavy atom. The number of dihydropyridines is 2. The summed E-state index contributed by atoms with van der Waals surface area (Å²) in [7, 11) is 0. The van der Waals surface area contributed by atoms with Gasteiger partial charge in [0.05, 0.1) is 11.7 Å². The fourth-order valence-corrected chi connectivity index (χ4v) is 4.64. The van der Waals surface area contributed by atoms with Crippen LogP contribution < -0.4 is 21.3 Å². The Balaban J connectivity index is 1.28. The Morgan fingerprint density at radius 1 is 1.22 bits per heavy atom. The van der Waals surface area contributed by atoms with E-state index in [0.29, 0.717) is 5.82 Å². The van der Waals surface area contributed by atoms with E-state index < -0.39 is 0 Å². The number of hydrogen-bond acceptors (Lipinski definition) is 6. The van der Waals surface area contributed by atoms with Crippen molar-refractivity contribution >= 4 is 18.5 Å². The van der Waals surface area contributed by atoms with Crippen LogP contribution in [0.1, 0.15) is 44.9 Å². The monoisotopic (exact) mass is 437 g/mol. The molecule has 0 aromatic carbocycles. The predicted molar refractivity (Wildman–Crippen MR) is 129 cm³/mol. The average Bonchev–Trinajstić information content (AvgIpc) is 3.50. The molecular formula is C24H35N7O. The van der Waals surface area contributed by atoms with E-state index in [0.717, 1.165) is 49.2 Å². The number of allylic oxidation sites excluding steroid dienone is 4. The van der Waals surface area contributed by atoms with Crippen LogP contribution in [0.3, 0.4) is 0 Å². The zero-order chi connectivity index (χ0) is 22.2. The molecule has 0 aromatic rings. The van der Waals surface area contributed by atoms with Gasteiger partial charge in [0.2, 0.25) is 0 Å². The summed E-state index contributed by atoms with van der Waals surface area (Å²) in [5, 5.41) is 20.4. The first-order chi connectivity index (χ1) is 15.7. The van der Waals surface area contributed by atoms with Crippen LogP contribution in [0.25, 0.3) is 0 Å². The van der Waals surface area contributed by atoms with Crippen molar-refractivity contribution in [2.24, 2.45) is 4.99 Å². The lowest BCUT2D eigenvalue weighted by atomic mass is 10.00. The van der Waals surface area contributed by atoms with E-state index in [2.05, 4.69) is 31.2 Å². The van der Waals surface area contributed by atoms with Crippen LogP contribution in [0.4, 0.5) is 4.79 Å². The van der Waals surface area contributed by atoms with Gasteiger partial charge in [-0.15, -0.1) is 0 Å². The molecule has 8 nitrogen and oxygen atoms in total. The van der Waals surface area contributed by atoms with Crippen LogP contribution in [0, 0.1) is 5.41 Å². The Hall–Kier alpha value is -2.87. The van der Waals surface area contributed by atoms with E-state index in [9.17, 15) is 4.79 Å². The summed E-state index contributed by atoms with van der Waals surface area (Å²) in [6, 6.07) is -0.0336. The highest BCUT2D eigenvalue weighted by atomic mass is 16.2. The number of aliphatic imine (C=N–C) groups is 1. The van der Waals surface area contributed by atoms with Crippen LogP contribution in [-0.4, -0.2) is 61.6 Å². The summed E-state index contributed by atoms with van der Waals surface area (Å²) in [6.45, 7) is 4.46. The summed E-state index contributed by atoms with van der Waals surface area (Å²) in [5.41, 5.74) is 2.57. The van der Waals surface area contributed by atoms with Crippen molar-refractivity contribution < 1.29 is 4.79 Å². The van der Waals surface area contributed by atoms with Gasteiger partial charge in [0, 0.05) is 42.4 Å². The zero-order valence-electron chi connectivity index (χ0n) is 18.7. The molecule has 1 atom stereocenters. The molecule has 0 spiro atoms. The Labute approximate surface area is 190 Å². The van der Waals surface area contributed by atoms with E-state index in [1.165, 1.54) is 45.0 Å². The number of urea groups is 1. The van der Waals surface area contributed by atoms with Gasteiger partial charge in [-0.2, -0.15) is 0 Å². The summed E-state index contributed by atoms with van der Waals surface area (Å²) in [6.07, 6.45) is 19.1. The summed E-state index contributed by atoms with van der Waals surface area (Å²) in [5.74, 6) is 0.655. The molecule has 2 amide bonds. The molecule has 4 rings (SSSR count). The van der Waals surface area contributed by atoms with E-state index >= 15 is 0 Å². The molecule has 1 saturated heterocycles. The summed E-state index contributed by atoms with van der Waals surface area (Å²) in [4.78, 5) is 19.3. The second-order valence-electron chi connectivity index (χ2n) is 8.85. The second kappa shape index (κ2) is 11.1. The minimum absolute atomic E-state index is 0.139. The minimum atomic E-state index is -0.172. The van der Waals surface area contributed by atoms with Gasteiger partial charge < -0.3 is 26.3 Å². The van der Waals surface area contributed by atoms with Gasteiger partial charge in [0.1, 0.15) is 5.82 Å². The van der Waals surface area contributed by atoms with E-state index in [1.54, 1.807) is 6.21 Å². The van der Waals surface area contributed by atoms with Gasteiger partial charge in [0.15, 0.2) is 0 Å². The van der Waals surface area contributed by atoms with Crippen LogP contribution in [0.5, 0.6) is 0 Å². The minimum Gasteiger partial charge on any atom is -0.390 e. The number of fused-ring (bicyclic) bond motifs is 1. The molecule has 8 heteroatoms. The Morgan fingerprint density at radius 2 is 2.03 bits per heavy atom. The van der Waals surface area contributed by atoms with Crippen molar-refractivity contribution in [3.8, 4) is 0 Å². The van der Waals surface area contributed by atoms with Gasteiger partial charge in [0.25, 0.3) is 0 Å². The van der Waals surface area contributed by atoms with Crippen molar-refractivity contribution in [2.75, 3.05) is 26.2 Å². The van der Waals surface area contributed by atoms with E-state index in [1.807, 2.05) is 24.4 Å². The molecule has 2 fully saturated rings. The third-order valence-corrected chi connectivity index (χ3v) is 6.43. The predicted octanol–water partition coefficient (Wildman–Crippen LogP) is 2.55. The normalized spacial score (nSPS) is 23.6. The SMILES string of the molecule is N=C/C(=C\NCCCN1CCCC1)C1=CC2NC(NC(=O)NC3CCCC3)=CC=C2N=C1. The fourth-order valence-electron chi connectivity index (χ4n) is 4.64. The lowest BCUT2D eigenvalue weighted by molar-refractivity contribution is 0.239. The topological polar surface area (TPSA) is 105 Å². The van der Waals surface area contributed by atoms with Crippen molar-refractivity contribution in [3.63, 3.8) is 0 Å². The number of nitrogens with one attached hydrogen (secondary N) is 5. The third kappa shape index (κ3) is 6.09. The van der Waals surface area contributed by atoms with E-state index in [4.69, 9.17) is 5.41 Å². The van der Waals surface area contributed by atoms with Crippen LogP contribution >= 0.6 is 0 Å². The number of carbonyl (C=O) groups is 1. The molecule has 5 N–H and O–H groups in total. The maximum Gasteiger partial charge on any atom is 0.320 e. The number of hydrogen-bond donors (Lipinski definition) is 5. The molecule has 1 aliphatic carbocycles. The van der Waals surface area contributed by atoms with Crippen molar-refractivity contribution in [1.29, 1.82) is 5.41 Å². The van der Waals surface area contributed by atoms with Gasteiger partial charge >= 0.3 is 6.03 Å². The largest absolute Gasteiger partial charge is 0.390 e. The third-order valence-electron chi connectivity index (χ3n) is 6.43. The number of nitrogens with zero attached hydrogens (tertiary/aromatic N) is 2. The van der Waals surface area contributed by atoms with Gasteiger partial charge in [-0.1, -0.05) is 12.8 Å². The van der Waals surface area contributed by atoms with Crippen LogP contribution in [-0.2, 0) is 0 Å². The Kier molecular flexibility index (Phi) is 7.77. The van der Waals surface area contributed by atoms with Crippen molar-refractivity contribution in [2.45, 2.75) is 57.0 Å². The highest BCUT2D eigenvalue weighted by molar-refractivity contribution is 5.98. The molecule has 3 aliphatic heterocycles. The standard InChI is InChI=1S/C24H35N7O/c25-15-19(16-26-10-5-13-31-11-3-4-12-31)18-14-22-21(27-17-18)8-9-23(29-22)30-24(32)28-20-6-1-2-7-20/h8-9,14-17,20,22,25-26,29H,1-7,10-13H2,(H2,28,30,32)/b19-16+,25-15?. The second-order valence-corrected chi connectivity index (χ2v) is 8.85. The maximum absolute atomic E-state index is 12.3. The van der Waals surface area contributed by atoms with Crippen molar-refractivity contribution in [1.82, 2.24) is 26.2 Å². The molecule has 1 saturated carbocycles. The molecule has 3 heterocycles. The maximum atomic E-state index is 12.3. The highest BCUT2D eigenvalue weighted by Gasteiger charge is 2.22. The number of amides is 2. The highest BCUT2D eigenvalue weighted by Crippen LogP contribution is 2.21. The molecular weight excluding hydrogens is 402 g/mol. The average molecular weight is 438 g/mol. The Bertz CT molecular complexity index is 842. The van der Waals surface area contributed by atoms with Gasteiger partial charge in [-0.25, -0.2) is 4.79 Å². The molecule has 4 aliphatic rings. The lowest BCUT2D eigenvalue weighted by Crippen LogP contribution is -2.46. The smallest absolute Gasteiger partial charge is 0.320 e. The molecule has 32 heavy (non-hydrogen) atoms. The van der Waals surface area contributed by atoms with Crippen LogP contribution in [0.2, 0.25) is 0 Å². The quantitative estimate of drug-likeness (QED) is 0.282. The zero-order valence-corrected chi connectivity index (χ0v) is 18.7.